The van der Waals surface area contributed by atoms with Gasteiger partial charge in [-0.3, -0.25) is 9.59 Å². The Morgan fingerprint density at radius 1 is 0.700 bits per heavy atom. The van der Waals surface area contributed by atoms with E-state index in [0.29, 0.717) is 22.5 Å². The van der Waals surface area contributed by atoms with Gasteiger partial charge in [0.15, 0.2) is 0 Å². The molecule has 0 aliphatic carbocycles. The average molecular weight is 266 g/mol. The third-order valence-electron chi connectivity index (χ3n) is 3.50. The van der Waals surface area contributed by atoms with Crippen LogP contribution in [-0.4, -0.2) is 11.8 Å². The van der Waals surface area contributed by atoms with E-state index in [4.69, 9.17) is 0 Å². The summed E-state index contributed by atoms with van der Waals surface area (Å²) in [5, 5.41) is 5.66. The van der Waals surface area contributed by atoms with Gasteiger partial charge in [0, 0.05) is 0 Å². The van der Waals surface area contributed by atoms with Gasteiger partial charge in [-0.2, -0.15) is 0 Å². The molecule has 1 aliphatic heterocycles. The molecule has 1 aliphatic rings. The highest BCUT2D eigenvalue weighted by Gasteiger charge is 2.23. The fourth-order valence-electron chi connectivity index (χ4n) is 2.52. The van der Waals surface area contributed by atoms with Crippen LogP contribution in [0.25, 0.3) is 0 Å². The van der Waals surface area contributed by atoms with Crippen LogP contribution < -0.4 is 10.6 Å². The van der Waals surface area contributed by atoms with Crippen molar-refractivity contribution in [1.29, 1.82) is 0 Å². The van der Waals surface area contributed by atoms with Crippen LogP contribution >= 0.6 is 0 Å². The van der Waals surface area contributed by atoms with Gasteiger partial charge < -0.3 is 10.6 Å². The number of carbonyl (C=O) groups is 2. The summed E-state index contributed by atoms with van der Waals surface area (Å²) in [6.45, 7) is 3.70. The van der Waals surface area contributed by atoms with E-state index >= 15 is 0 Å². The molecule has 2 aromatic rings. The van der Waals surface area contributed by atoms with E-state index in [0.717, 1.165) is 11.1 Å². The number of rotatable bonds is 0. The second-order valence-corrected chi connectivity index (χ2v) is 4.90. The van der Waals surface area contributed by atoms with Crippen molar-refractivity contribution in [2.45, 2.75) is 13.8 Å². The summed E-state index contributed by atoms with van der Waals surface area (Å²) < 4.78 is 0. The summed E-state index contributed by atoms with van der Waals surface area (Å²) in [6.07, 6.45) is 0. The van der Waals surface area contributed by atoms with E-state index in [-0.39, 0.29) is 11.8 Å². The molecule has 100 valence electrons. The van der Waals surface area contributed by atoms with Crippen molar-refractivity contribution in [2.75, 3.05) is 10.6 Å². The highest BCUT2D eigenvalue weighted by atomic mass is 16.2. The summed E-state index contributed by atoms with van der Waals surface area (Å²) in [6, 6.07) is 10.8. The van der Waals surface area contributed by atoms with E-state index in [1.807, 2.05) is 38.1 Å². The molecule has 0 unspecified atom stereocenters. The standard InChI is InChI=1S/C16H14N2O2/c1-9-5-3-7-11-13(9)15(19)18-12-8-4-6-10(2)14(12)16(20)17-11/h3-8H,1-2H3,(H,17,20)(H,18,19). The van der Waals surface area contributed by atoms with Gasteiger partial charge in [0.2, 0.25) is 0 Å². The maximum atomic E-state index is 12.4. The Hall–Kier alpha value is -2.62. The van der Waals surface area contributed by atoms with Crippen molar-refractivity contribution < 1.29 is 9.59 Å². The lowest BCUT2D eigenvalue weighted by Crippen LogP contribution is -2.25. The predicted molar refractivity (Wildman–Crippen MR) is 78.3 cm³/mol. The molecular formula is C16H14N2O2. The first-order chi connectivity index (χ1) is 9.58. The van der Waals surface area contributed by atoms with Crippen molar-refractivity contribution in [3.8, 4) is 0 Å². The van der Waals surface area contributed by atoms with Gasteiger partial charge in [0.05, 0.1) is 22.5 Å². The van der Waals surface area contributed by atoms with E-state index < -0.39 is 0 Å². The van der Waals surface area contributed by atoms with Crippen molar-refractivity contribution in [2.24, 2.45) is 0 Å². The maximum absolute atomic E-state index is 12.4. The Morgan fingerprint density at radius 3 is 1.50 bits per heavy atom. The van der Waals surface area contributed by atoms with E-state index in [2.05, 4.69) is 10.6 Å². The summed E-state index contributed by atoms with van der Waals surface area (Å²) in [7, 11) is 0. The molecule has 0 saturated carbocycles. The minimum Gasteiger partial charge on any atom is -0.321 e. The van der Waals surface area contributed by atoms with Crippen LogP contribution in [0.5, 0.6) is 0 Å². The topological polar surface area (TPSA) is 58.2 Å². The second-order valence-electron chi connectivity index (χ2n) is 4.90. The summed E-state index contributed by atoms with van der Waals surface area (Å²) in [5.41, 5.74) is 3.76. The third kappa shape index (κ3) is 1.86. The highest BCUT2D eigenvalue weighted by Crippen LogP contribution is 2.28. The van der Waals surface area contributed by atoms with Crippen LogP contribution in [0, 0.1) is 13.8 Å². The van der Waals surface area contributed by atoms with Gasteiger partial charge in [-0.15, -0.1) is 0 Å². The van der Waals surface area contributed by atoms with Crippen molar-refractivity contribution in [3.05, 3.63) is 58.7 Å². The molecule has 0 spiro atoms. The molecule has 4 nitrogen and oxygen atoms in total. The zero-order valence-corrected chi connectivity index (χ0v) is 11.3. The van der Waals surface area contributed by atoms with Crippen LogP contribution in [0.2, 0.25) is 0 Å². The van der Waals surface area contributed by atoms with Crippen LogP contribution in [0.3, 0.4) is 0 Å². The highest BCUT2D eigenvalue weighted by molar-refractivity contribution is 6.19. The van der Waals surface area contributed by atoms with Crippen LogP contribution in [0.4, 0.5) is 11.4 Å². The van der Waals surface area contributed by atoms with Crippen LogP contribution in [-0.2, 0) is 0 Å². The molecule has 0 bridgehead atoms. The smallest absolute Gasteiger partial charge is 0.258 e. The van der Waals surface area contributed by atoms with E-state index in [9.17, 15) is 9.59 Å². The third-order valence-corrected chi connectivity index (χ3v) is 3.50. The Labute approximate surface area is 116 Å². The molecule has 0 aromatic heterocycles. The molecule has 0 fully saturated rings. The molecule has 0 radical (unpaired) electrons. The lowest BCUT2D eigenvalue weighted by Gasteiger charge is -2.20. The van der Waals surface area contributed by atoms with Crippen molar-refractivity contribution >= 4 is 23.2 Å². The fourth-order valence-corrected chi connectivity index (χ4v) is 2.52. The molecule has 0 saturated heterocycles. The Kier molecular flexibility index (Phi) is 2.79. The molecule has 4 heteroatoms. The summed E-state index contributed by atoms with van der Waals surface area (Å²) in [4.78, 5) is 24.8. The zero-order chi connectivity index (χ0) is 14.3. The number of hydrogen-bond donors (Lipinski definition) is 2. The van der Waals surface area contributed by atoms with Crippen molar-refractivity contribution in [1.82, 2.24) is 0 Å². The van der Waals surface area contributed by atoms with Crippen molar-refractivity contribution in [3.63, 3.8) is 0 Å². The number of hydrogen-bond acceptors (Lipinski definition) is 2. The summed E-state index contributed by atoms with van der Waals surface area (Å²) >= 11 is 0. The van der Waals surface area contributed by atoms with Gasteiger partial charge in [-0.1, -0.05) is 24.3 Å². The van der Waals surface area contributed by atoms with Gasteiger partial charge >= 0.3 is 0 Å². The second kappa shape index (κ2) is 4.49. The van der Waals surface area contributed by atoms with Crippen LogP contribution in [0.1, 0.15) is 31.8 Å². The van der Waals surface area contributed by atoms with Crippen LogP contribution in [0.15, 0.2) is 36.4 Å². The molecular weight excluding hydrogens is 252 g/mol. The normalized spacial score (nSPS) is 13.5. The maximum Gasteiger partial charge on any atom is 0.258 e. The number of nitrogens with one attached hydrogen (secondary N) is 2. The number of carbonyl (C=O) groups excluding carboxylic acids is 2. The molecule has 0 atom stereocenters. The largest absolute Gasteiger partial charge is 0.321 e. The molecule has 3 rings (SSSR count). The fraction of sp³-hybridized carbons (Fsp3) is 0.125. The predicted octanol–water partition coefficient (Wildman–Crippen LogP) is 3.12. The Bertz CT molecular complexity index is 672. The first kappa shape index (κ1) is 12.4. The number of amides is 2. The van der Waals surface area contributed by atoms with Gasteiger partial charge in [-0.25, -0.2) is 0 Å². The Morgan fingerprint density at radius 2 is 1.10 bits per heavy atom. The lowest BCUT2D eigenvalue weighted by molar-refractivity contribution is 0.102. The minimum absolute atomic E-state index is 0.204. The first-order valence-electron chi connectivity index (χ1n) is 6.40. The first-order valence-corrected chi connectivity index (χ1v) is 6.40. The monoisotopic (exact) mass is 266 g/mol. The van der Waals surface area contributed by atoms with Gasteiger partial charge in [0.1, 0.15) is 0 Å². The number of benzene rings is 2. The SMILES string of the molecule is Cc1cccc2c1C(=O)Nc1cccc(C)c1C(=O)N2. The minimum atomic E-state index is -0.204. The van der Waals surface area contributed by atoms with Gasteiger partial charge in [-0.05, 0) is 37.1 Å². The number of fused-ring (bicyclic) bond motifs is 2. The summed E-state index contributed by atoms with van der Waals surface area (Å²) in [5.74, 6) is -0.407. The number of anilines is 2. The average Bonchev–Trinajstić information content (AvgIpc) is 2.37. The number of aryl methyl sites for hydroxylation is 2. The van der Waals surface area contributed by atoms with E-state index in [1.165, 1.54) is 0 Å². The molecule has 2 aromatic carbocycles. The quantitative estimate of drug-likeness (QED) is 0.769. The Balaban J connectivity index is 2.21. The van der Waals surface area contributed by atoms with Gasteiger partial charge in [0.25, 0.3) is 11.8 Å². The molecule has 2 N–H and O–H groups in total. The molecule has 2 amide bonds. The van der Waals surface area contributed by atoms with E-state index in [1.54, 1.807) is 12.1 Å². The lowest BCUT2D eigenvalue weighted by atomic mass is 10.0. The molecule has 1 heterocycles. The molecule has 20 heavy (non-hydrogen) atoms. The zero-order valence-electron chi connectivity index (χ0n) is 11.3.